The number of anilines is 2. The van der Waals surface area contributed by atoms with Gasteiger partial charge in [0.2, 0.25) is 11.0 Å². The normalized spacial score (nSPS) is 16.6. The topological polar surface area (TPSA) is 87.2 Å². The predicted molar refractivity (Wildman–Crippen MR) is 103 cm³/mol. The van der Waals surface area contributed by atoms with Crippen LogP contribution >= 0.6 is 11.3 Å². The molecule has 1 aliphatic rings. The molecule has 1 aliphatic heterocycles. The summed E-state index contributed by atoms with van der Waals surface area (Å²) in [6.45, 7) is 6.46. The summed E-state index contributed by atoms with van der Waals surface area (Å²) in [7, 11) is 0. The van der Waals surface area contributed by atoms with Crippen molar-refractivity contribution in [2.24, 2.45) is 0 Å². The third kappa shape index (κ3) is 3.85. The molecule has 3 amide bonds. The average molecular weight is 373 g/mol. The number of nitrogens with zero attached hydrogens (tertiary/aromatic N) is 3. The second-order valence-electron chi connectivity index (χ2n) is 6.39. The number of amides is 3. The number of benzene rings is 1. The second kappa shape index (κ2) is 7.82. The van der Waals surface area contributed by atoms with Crippen LogP contribution in [0, 0.1) is 13.8 Å². The SMILES string of the molecule is CCc1nnc(NC(=O)[C@H]2CCCN2C(=O)Nc2c(C)cccc2C)s1. The first-order valence-electron chi connectivity index (χ1n) is 8.76. The molecule has 8 heteroatoms. The number of carbonyl (C=O) groups is 2. The number of rotatable bonds is 4. The number of aromatic nitrogens is 2. The number of likely N-dealkylation sites (tertiary alicyclic amines) is 1. The maximum absolute atomic E-state index is 12.7. The van der Waals surface area contributed by atoms with Gasteiger partial charge in [0.1, 0.15) is 11.0 Å². The molecule has 0 unspecified atom stereocenters. The Kier molecular flexibility index (Phi) is 5.51. The maximum Gasteiger partial charge on any atom is 0.322 e. The van der Waals surface area contributed by atoms with Gasteiger partial charge in [-0.05, 0) is 44.2 Å². The molecule has 0 bridgehead atoms. The highest BCUT2D eigenvalue weighted by Gasteiger charge is 2.34. The van der Waals surface area contributed by atoms with Gasteiger partial charge < -0.3 is 10.2 Å². The van der Waals surface area contributed by atoms with E-state index in [2.05, 4.69) is 20.8 Å². The predicted octanol–water partition coefficient (Wildman–Crippen LogP) is 3.35. The fourth-order valence-electron chi connectivity index (χ4n) is 3.11. The summed E-state index contributed by atoms with van der Waals surface area (Å²) in [5.41, 5.74) is 2.80. The van der Waals surface area contributed by atoms with Crippen LogP contribution in [0.5, 0.6) is 0 Å². The van der Waals surface area contributed by atoms with Crippen molar-refractivity contribution in [2.45, 2.75) is 46.1 Å². The Labute approximate surface area is 156 Å². The molecule has 2 N–H and O–H groups in total. The van der Waals surface area contributed by atoms with Crippen LogP contribution in [0.4, 0.5) is 15.6 Å². The molecule has 1 atom stereocenters. The van der Waals surface area contributed by atoms with Crippen LogP contribution in [-0.4, -0.2) is 39.6 Å². The van der Waals surface area contributed by atoms with Crippen LogP contribution in [0.1, 0.15) is 35.9 Å². The van der Waals surface area contributed by atoms with E-state index in [1.807, 2.05) is 39.0 Å². The minimum absolute atomic E-state index is 0.210. The van der Waals surface area contributed by atoms with E-state index in [0.717, 1.165) is 34.7 Å². The van der Waals surface area contributed by atoms with E-state index in [-0.39, 0.29) is 11.9 Å². The van der Waals surface area contributed by atoms with Gasteiger partial charge in [0.15, 0.2) is 0 Å². The lowest BCUT2D eigenvalue weighted by atomic mass is 10.1. The molecule has 0 saturated carbocycles. The maximum atomic E-state index is 12.7. The van der Waals surface area contributed by atoms with Crippen molar-refractivity contribution in [3.63, 3.8) is 0 Å². The van der Waals surface area contributed by atoms with E-state index in [0.29, 0.717) is 18.1 Å². The van der Waals surface area contributed by atoms with E-state index in [9.17, 15) is 9.59 Å². The Morgan fingerprint density at radius 2 is 1.96 bits per heavy atom. The number of hydrogen-bond donors (Lipinski definition) is 2. The van der Waals surface area contributed by atoms with Crippen molar-refractivity contribution >= 4 is 34.1 Å². The lowest BCUT2D eigenvalue weighted by molar-refractivity contribution is -0.119. The van der Waals surface area contributed by atoms with Gasteiger partial charge in [0.25, 0.3) is 0 Å². The molecule has 0 radical (unpaired) electrons. The second-order valence-corrected chi connectivity index (χ2v) is 7.45. The number of aryl methyl sites for hydroxylation is 3. The van der Waals surface area contributed by atoms with Crippen LogP contribution in [0.2, 0.25) is 0 Å². The molecule has 138 valence electrons. The Balaban J connectivity index is 1.69. The molecule has 3 rings (SSSR count). The fraction of sp³-hybridized carbons (Fsp3) is 0.444. The molecule has 26 heavy (non-hydrogen) atoms. The molecule has 1 fully saturated rings. The highest BCUT2D eigenvalue weighted by atomic mass is 32.1. The Morgan fingerprint density at radius 1 is 1.23 bits per heavy atom. The van der Waals surface area contributed by atoms with Crippen LogP contribution < -0.4 is 10.6 Å². The number of urea groups is 1. The number of nitrogens with one attached hydrogen (secondary N) is 2. The minimum Gasteiger partial charge on any atom is -0.312 e. The van der Waals surface area contributed by atoms with Gasteiger partial charge in [0, 0.05) is 12.2 Å². The van der Waals surface area contributed by atoms with Gasteiger partial charge in [0.05, 0.1) is 0 Å². The largest absolute Gasteiger partial charge is 0.322 e. The summed E-state index contributed by atoms with van der Waals surface area (Å²) in [5, 5.41) is 15.1. The highest BCUT2D eigenvalue weighted by Crippen LogP contribution is 2.24. The lowest BCUT2D eigenvalue weighted by Crippen LogP contribution is -2.45. The van der Waals surface area contributed by atoms with Gasteiger partial charge in [-0.25, -0.2) is 4.79 Å². The van der Waals surface area contributed by atoms with Crippen molar-refractivity contribution in [1.29, 1.82) is 0 Å². The first kappa shape index (κ1) is 18.3. The van der Waals surface area contributed by atoms with Crippen LogP contribution in [0.25, 0.3) is 0 Å². The zero-order chi connectivity index (χ0) is 18.7. The fourth-order valence-corrected chi connectivity index (χ4v) is 3.79. The zero-order valence-corrected chi connectivity index (χ0v) is 16.0. The lowest BCUT2D eigenvalue weighted by Gasteiger charge is -2.24. The van der Waals surface area contributed by atoms with Gasteiger partial charge in [-0.1, -0.05) is 36.5 Å². The molecule has 0 spiro atoms. The van der Waals surface area contributed by atoms with Crippen molar-refractivity contribution < 1.29 is 9.59 Å². The summed E-state index contributed by atoms with van der Waals surface area (Å²) in [5.74, 6) is -0.210. The van der Waals surface area contributed by atoms with Gasteiger partial charge in [-0.2, -0.15) is 0 Å². The first-order chi connectivity index (χ1) is 12.5. The Bertz CT molecular complexity index is 799. The molecule has 2 heterocycles. The van der Waals surface area contributed by atoms with Crippen LogP contribution in [0.15, 0.2) is 18.2 Å². The van der Waals surface area contributed by atoms with Gasteiger partial charge >= 0.3 is 6.03 Å². The smallest absolute Gasteiger partial charge is 0.312 e. The quantitative estimate of drug-likeness (QED) is 0.860. The van der Waals surface area contributed by atoms with Crippen molar-refractivity contribution in [2.75, 3.05) is 17.2 Å². The third-order valence-electron chi connectivity index (χ3n) is 4.53. The summed E-state index contributed by atoms with van der Waals surface area (Å²) >= 11 is 1.36. The van der Waals surface area contributed by atoms with E-state index in [1.54, 1.807) is 4.90 Å². The van der Waals surface area contributed by atoms with Crippen molar-refractivity contribution in [3.8, 4) is 0 Å². The standard InChI is InChI=1S/C18H23N5O2S/c1-4-14-21-22-17(26-14)20-16(24)13-9-6-10-23(13)18(25)19-15-11(2)7-5-8-12(15)3/h5,7-8,13H,4,6,9-10H2,1-3H3,(H,19,25)(H,20,22,24)/t13-/m1/s1. The average Bonchev–Trinajstić information content (AvgIpc) is 3.27. The zero-order valence-electron chi connectivity index (χ0n) is 15.2. The first-order valence-corrected chi connectivity index (χ1v) is 9.58. The third-order valence-corrected chi connectivity index (χ3v) is 5.51. The summed E-state index contributed by atoms with van der Waals surface area (Å²) in [4.78, 5) is 27.0. The number of hydrogen-bond acceptors (Lipinski definition) is 5. The van der Waals surface area contributed by atoms with Crippen molar-refractivity contribution in [1.82, 2.24) is 15.1 Å². The van der Waals surface area contributed by atoms with Crippen molar-refractivity contribution in [3.05, 3.63) is 34.3 Å². The van der Waals surface area contributed by atoms with Gasteiger partial charge in [-0.15, -0.1) is 10.2 Å². The molecular formula is C18H23N5O2S. The van der Waals surface area contributed by atoms with Crippen LogP contribution in [-0.2, 0) is 11.2 Å². The summed E-state index contributed by atoms with van der Waals surface area (Å²) in [6, 6.07) is 5.13. The van der Waals surface area contributed by atoms with E-state index in [4.69, 9.17) is 0 Å². The summed E-state index contributed by atoms with van der Waals surface area (Å²) < 4.78 is 0. The molecule has 1 saturated heterocycles. The molecular weight excluding hydrogens is 350 g/mol. The monoisotopic (exact) mass is 373 g/mol. The van der Waals surface area contributed by atoms with Gasteiger partial charge in [-0.3, -0.25) is 10.1 Å². The summed E-state index contributed by atoms with van der Waals surface area (Å²) in [6.07, 6.45) is 2.22. The number of para-hydroxylation sites is 1. The molecule has 1 aromatic heterocycles. The van der Waals surface area contributed by atoms with Crippen LogP contribution in [0.3, 0.4) is 0 Å². The minimum atomic E-state index is -0.492. The molecule has 7 nitrogen and oxygen atoms in total. The number of carbonyl (C=O) groups excluding carboxylic acids is 2. The Hall–Kier alpha value is -2.48. The Morgan fingerprint density at radius 3 is 2.62 bits per heavy atom. The van der Waals surface area contributed by atoms with E-state index in [1.165, 1.54) is 11.3 Å². The highest BCUT2D eigenvalue weighted by molar-refractivity contribution is 7.15. The molecule has 1 aromatic carbocycles. The molecule has 2 aromatic rings. The van der Waals surface area contributed by atoms with E-state index >= 15 is 0 Å². The van der Waals surface area contributed by atoms with E-state index < -0.39 is 6.04 Å². The molecule has 0 aliphatic carbocycles.